The van der Waals surface area contributed by atoms with E-state index in [-0.39, 0.29) is 21.1 Å². The first-order valence-corrected chi connectivity index (χ1v) is 11.2. The number of sulfonamides is 1. The maximum Gasteiger partial charge on any atom is 0.264 e. The van der Waals surface area contributed by atoms with Crippen LogP contribution in [0.2, 0.25) is 0 Å². The molecule has 0 aromatic heterocycles. The fourth-order valence-electron chi connectivity index (χ4n) is 2.37. The Bertz CT molecular complexity index is 923. The van der Waals surface area contributed by atoms with Gasteiger partial charge >= 0.3 is 0 Å². The number of thioether (sulfide) groups is 1. The van der Waals surface area contributed by atoms with Gasteiger partial charge in [-0.1, -0.05) is 26.8 Å². The summed E-state index contributed by atoms with van der Waals surface area (Å²) < 4.78 is 40.0. The molecule has 2 aromatic rings. The summed E-state index contributed by atoms with van der Waals surface area (Å²) in [5.74, 6) is -0.00518. The number of nitrogens with one attached hydrogen (secondary N) is 1. The lowest BCUT2D eigenvalue weighted by Gasteiger charge is -2.20. The molecule has 8 heteroatoms. The van der Waals surface area contributed by atoms with Crippen LogP contribution in [-0.2, 0) is 10.0 Å². The second kappa shape index (κ2) is 8.96. The van der Waals surface area contributed by atoms with Crippen molar-refractivity contribution in [1.29, 1.82) is 0 Å². The Kier molecular flexibility index (Phi) is 7.11. The summed E-state index contributed by atoms with van der Waals surface area (Å²) in [6, 6.07) is 11.0. The van der Waals surface area contributed by atoms with Crippen molar-refractivity contribution in [1.82, 2.24) is 5.32 Å². The number of hydrogen-bond acceptors (Lipinski definition) is 4. The van der Waals surface area contributed by atoms with Gasteiger partial charge in [0, 0.05) is 29.7 Å². The van der Waals surface area contributed by atoms with Crippen LogP contribution in [0.15, 0.2) is 53.4 Å². The Morgan fingerprint density at radius 1 is 1.14 bits per heavy atom. The smallest absolute Gasteiger partial charge is 0.264 e. The quantitative estimate of drug-likeness (QED) is 0.685. The third-order valence-electron chi connectivity index (χ3n) is 3.87. The van der Waals surface area contributed by atoms with Crippen molar-refractivity contribution in [3.63, 3.8) is 0 Å². The monoisotopic (exact) mass is 424 g/mol. The number of nitrogens with zero attached hydrogens (tertiary/aromatic N) is 1. The van der Waals surface area contributed by atoms with Gasteiger partial charge in [0.25, 0.3) is 15.9 Å². The van der Waals surface area contributed by atoms with E-state index in [0.717, 1.165) is 10.1 Å². The average Bonchev–Trinajstić information content (AvgIpc) is 2.64. The number of halogens is 1. The van der Waals surface area contributed by atoms with E-state index in [9.17, 15) is 17.6 Å². The number of benzene rings is 2. The first kappa shape index (κ1) is 22.2. The summed E-state index contributed by atoms with van der Waals surface area (Å²) in [6.07, 6.45) is 0. The highest BCUT2D eigenvalue weighted by Crippen LogP contribution is 2.23. The topological polar surface area (TPSA) is 66.5 Å². The molecule has 0 atom stereocenters. The van der Waals surface area contributed by atoms with Crippen molar-refractivity contribution in [3.8, 4) is 0 Å². The molecule has 0 saturated heterocycles. The van der Waals surface area contributed by atoms with Crippen LogP contribution in [-0.4, -0.2) is 38.4 Å². The molecule has 0 heterocycles. The average molecular weight is 425 g/mol. The van der Waals surface area contributed by atoms with E-state index in [2.05, 4.69) is 26.1 Å². The van der Waals surface area contributed by atoms with Gasteiger partial charge in [0.15, 0.2) is 0 Å². The number of anilines is 1. The van der Waals surface area contributed by atoms with Crippen molar-refractivity contribution in [3.05, 3.63) is 59.9 Å². The van der Waals surface area contributed by atoms with Gasteiger partial charge in [-0.15, -0.1) is 0 Å². The fourth-order valence-corrected chi connectivity index (χ4v) is 4.43. The molecule has 0 fully saturated rings. The molecule has 1 N–H and O–H groups in total. The van der Waals surface area contributed by atoms with Crippen LogP contribution in [0.4, 0.5) is 10.1 Å². The van der Waals surface area contributed by atoms with E-state index in [1.807, 2.05) is 0 Å². The minimum absolute atomic E-state index is 0.00367. The Labute approximate surface area is 170 Å². The van der Waals surface area contributed by atoms with Crippen LogP contribution < -0.4 is 9.62 Å². The number of hydrogen-bond donors (Lipinski definition) is 1. The Hall–Kier alpha value is -2.06. The van der Waals surface area contributed by atoms with Gasteiger partial charge in [0.1, 0.15) is 5.82 Å². The zero-order valence-corrected chi connectivity index (χ0v) is 18.0. The van der Waals surface area contributed by atoms with Gasteiger partial charge < -0.3 is 5.32 Å². The zero-order valence-electron chi connectivity index (χ0n) is 16.4. The van der Waals surface area contributed by atoms with Gasteiger partial charge in [0.05, 0.1) is 10.6 Å². The Morgan fingerprint density at radius 2 is 1.79 bits per heavy atom. The van der Waals surface area contributed by atoms with Gasteiger partial charge in [0.2, 0.25) is 0 Å². The van der Waals surface area contributed by atoms with Gasteiger partial charge in [-0.05, 0) is 42.5 Å². The highest BCUT2D eigenvalue weighted by atomic mass is 32.2. The van der Waals surface area contributed by atoms with Crippen molar-refractivity contribution in [2.75, 3.05) is 23.7 Å². The van der Waals surface area contributed by atoms with E-state index in [4.69, 9.17) is 0 Å². The summed E-state index contributed by atoms with van der Waals surface area (Å²) in [6.45, 7) is 6.80. The Morgan fingerprint density at radius 3 is 2.39 bits per heavy atom. The molecule has 5 nitrogen and oxygen atoms in total. The van der Waals surface area contributed by atoms with Crippen molar-refractivity contribution in [2.45, 2.75) is 30.4 Å². The van der Waals surface area contributed by atoms with Crippen molar-refractivity contribution >= 4 is 33.4 Å². The highest BCUT2D eigenvalue weighted by Gasteiger charge is 2.22. The molecule has 0 aliphatic carbocycles. The van der Waals surface area contributed by atoms with Crippen LogP contribution in [0.3, 0.4) is 0 Å². The molecule has 152 valence electrons. The lowest BCUT2D eigenvalue weighted by Crippen LogP contribution is -2.28. The molecule has 2 rings (SSSR count). The molecule has 0 unspecified atom stereocenters. The SMILES string of the molecule is CN(c1ccc(F)cc1)S(=O)(=O)c1cccc(C(=O)NCCSC(C)(C)C)c1. The van der Waals surface area contributed by atoms with E-state index >= 15 is 0 Å². The summed E-state index contributed by atoms with van der Waals surface area (Å²) >= 11 is 1.74. The molecular weight excluding hydrogens is 399 g/mol. The second-order valence-corrected chi connectivity index (χ2v) is 11.1. The molecule has 0 aliphatic rings. The van der Waals surface area contributed by atoms with E-state index in [1.165, 1.54) is 49.5 Å². The lowest BCUT2D eigenvalue weighted by atomic mass is 10.2. The van der Waals surface area contributed by atoms with E-state index in [1.54, 1.807) is 17.8 Å². The maximum absolute atomic E-state index is 13.1. The minimum Gasteiger partial charge on any atom is -0.351 e. The normalized spacial score (nSPS) is 11.9. The highest BCUT2D eigenvalue weighted by molar-refractivity contribution is 8.00. The first-order valence-electron chi connectivity index (χ1n) is 8.77. The predicted octanol–water partition coefficient (Wildman–Crippen LogP) is 3.91. The predicted molar refractivity (Wildman–Crippen MR) is 113 cm³/mol. The van der Waals surface area contributed by atoms with E-state index < -0.39 is 15.8 Å². The Balaban J connectivity index is 2.12. The lowest BCUT2D eigenvalue weighted by molar-refractivity contribution is 0.0956. The largest absolute Gasteiger partial charge is 0.351 e. The molecule has 1 amide bonds. The molecule has 0 bridgehead atoms. The van der Waals surface area contributed by atoms with Crippen LogP contribution in [0.5, 0.6) is 0 Å². The third-order valence-corrected chi connectivity index (χ3v) is 6.92. The van der Waals surface area contributed by atoms with E-state index in [0.29, 0.717) is 12.2 Å². The molecule has 28 heavy (non-hydrogen) atoms. The van der Waals surface area contributed by atoms with Crippen LogP contribution in [0.25, 0.3) is 0 Å². The molecule has 2 aromatic carbocycles. The number of rotatable bonds is 7. The molecule has 0 radical (unpaired) electrons. The van der Waals surface area contributed by atoms with Gasteiger partial charge in [-0.3, -0.25) is 9.10 Å². The van der Waals surface area contributed by atoms with Crippen LogP contribution >= 0.6 is 11.8 Å². The van der Waals surface area contributed by atoms with Gasteiger partial charge in [-0.25, -0.2) is 12.8 Å². The summed E-state index contributed by atoms with van der Waals surface area (Å²) in [4.78, 5) is 12.4. The maximum atomic E-state index is 13.1. The first-order chi connectivity index (χ1) is 13.0. The zero-order chi connectivity index (χ0) is 20.9. The fraction of sp³-hybridized carbons (Fsp3) is 0.350. The van der Waals surface area contributed by atoms with Crippen LogP contribution in [0.1, 0.15) is 31.1 Å². The molecular formula is C20H25FN2O3S2. The summed E-state index contributed by atoms with van der Waals surface area (Å²) in [5.41, 5.74) is 0.602. The summed E-state index contributed by atoms with van der Waals surface area (Å²) in [5, 5.41) is 2.81. The molecule has 0 spiro atoms. The van der Waals surface area contributed by atoms with Crippen LogP contribution in [0, 0.1) is 5.82 Å². The molecule has 0 saturated carbocycles. The van der Waals surface area contributed by atoms with Crippen molar-refractivity contribution < 1.29 is 17.6 Å². The number of carbonyl (C=O) groups is 1. The minimum atomic E-state index is -3.88. The third kappa shape index (κ3) is 5.97. The van der Waals surface area contributed by atoms with Gasteiger partial charge in [-0.2, -0.15) is 11.8 Å². The second-order valence-electron chi connectivity index (χ2n) is 7.19. The standard InChI is InChI=1S/C20H25FN2O3S2/c1-20(2,3)27-13-12-22-19(24)15-6-5-7-18(14-15)28(25,26)23(4)17-10-8-16(21)9-11-17/h5-11,14H,12-13H2,1-4H3,(H,22,24). The molecule has 0 aliphatic heterocycles. The number of amides is 1. The summed E-state index contributed by atoms with van der Waals surface area (Å²) in [7, 11) is -2.49. The number of carbonyl (C=O) groups excluding carboxylic acids is 1. The van der Waals surface area contributed by atoms with Crippen molar-refractivity contribution in [2.24, 2.45) is 0 Å².